The van der Waals surface area contributed by atoms with E-state index in [0.717, 1.165) is 15.6 Å². The van der Waals surface area contributed by atoms with Gasteiger partial charge >= 0.3 is 0 Å². The van der Waals surface area contributed by atoms with Gasteiger partial charge in [-0.05, 0) is 48.9 Å². The van der Waals surface area contributed by atoms with E-state index in [4.69, 9.17) is 9.47 Å². The summed E-state index contributed by atoms with van der Waals surface area (Å²) in [6, 6.07) is 19.0. The van der Waals surface area contributed by atoms with E-state index in [9.17, 15) is 13.2 Å². The predicted molar refractivity (Wildman–Crippen MR) is 129 cm³/mol. The third-order valence-corrected chi connectivity index (χ3v) is 7.41. The lowest BCUT2D eigenvalue weighted by atomic mass is 10.2. The molecular formula is C24H23BrN2O5S. The summed E-state index contributed by atoms with van der Waals surface area (Å²) in [5, 5.41) is 2.76. The highest BCUT2D eigenvalue weighted by atomic mass is 79.9. The third-order valence-electron chi connectivity index (χ3n) is 5.08. The van der Waals surface area contributed by atoms with Gasteiger partial charge in [-0.2, -0.15) is 4.31 Å². The van der Waals surface area contributed by atoms with Crippen LogP contribution in [0, 0.1) is 6.92 Å². The summed E-state index contributed by atoms with van der Waals surface area (Å²) >= 11 is 3.38. The maximum absolute atomic E-state index is 13.4. The highest BCUT2D eigenvalue weighted by molar-refractivity contribution is 9.10. The van der Waals surface area contributed by atoms with Crippen LogP contribution in [0.4, 0.5) is 5.69 Å². The number of nitrogens with zero attached hydrogens (tertiary/aromatic N) is 1. The Labute approximate surface area is 201 Å². The topological polar surface area (TPSA) is 84.9 Å². The highest BCUT2D eigenvalue weighted by Gasteiger charge is 2.27. The van der Waals surface area contributed by atoms with Crippen molar-refractivity contribution in [2.24, 2.45) is 0 Å². The van der Waals surface area contributed by atoms with Crippen LogP contribution in [0.3, 0.4) is 0 Å². The summed E-state index contributed by atoms with van der Waals surface area (Å²) in [6.45, 7) is 2.50. The van der Waals surface area contributed by atoms with Gasteiger partial charge in [0.15, 0.2) is 11.5 Å². The summed E-state index contributed by atoms with van der Waals surface area (Å²) in [5.41, 5.74) is 2.21. The lowest BCUT2D eigenvalue weighted by Gasteiger charge is -2.23. The molecule has 0 atom stereocenters. The van der Waals surface area contributed by atoms with Crippen LogP contribution in [0.2, 0.25) is 0 Å². The minimum atomic E-state index is -3.91. The summed E-state index contributed by atoms with van der Waals surface area (Å²) in [6.07, 6.45) is 0. The summed E-state index contributed by atoms with van der Waals surface area (Å²) in [5.74, 6) is 0.690. The van der Waals surface area contributed by atoms with E-state index in [1.165, 1.54) is 4.31 Å². The number of hydrogen-bond acceptors (Lipinski definition) is 5. The number of ether oxygens (including phenoxy) is 2. The molecule has 0 aromatic heterocycles. The van der Waals surface area contributed by atoms with Gasteiger partial charge in [-0.3, -0.25) is 4.79 Å². The van der Waals surface area contributed by atoms with Gasteiger partial charge in [0.2, 0.25) is 15.9 Å². The molecule has 0 radical (unpaired) electrons. The summed E-state index contributed by atoms with van der Waals surface area (Å²) < 4.78 is 39.9. The molecular weight excluding hydrogens is 508 g/mol. The molecule has 7 nitrogen and oxygen atoms in total. The van der Waals surface area contributed by atoms with Crippen LogP contribution < -0.4 is 14.8 Å². The summed E-state index contributed by atoms with van der Waals surface area (Å²) in [7, 11) is -3.91. The second-order valence-corrected chi connectivity index (χ2v) is 10.5. The molecule has 3 aromatic carbocycles. The molecule has 1 aliphatic heterocycles. The average molecular weight is 531 g/mol. The summed E-state index contributed by atoms with van der Waals surface area (Å²) in [4.78, 5) is 13.0. The van der Waals surface area contributed by atoms with Gasteiger partial charge in [0, 0.05) is 22.8 Å². The fourth-order valence-electron chi connectivity index (χ4n) is 3.36. The zero-order valence-corrected chi connectivity index (χ0v) is 20.4. The number of anilines is 1. The van der Waals surface area contributed by atoms with E-state index in [-0.39, 0.29) is 18.0 Å². The Morgan fingerprint density at radius 3 is 2.33 bits per heavy atom. The smallest absolute Gasteiger partial charge is 0.243 e. The number of sulfonamides is 1. The minimum absolute atomic E-state index is 0.0536. The number of aryl methyl sites for hydroxylation is 1. The quantitative estimate of drug-likeness (QED) is 0.490. The molecule has 0 bridgehead atoms. The predicted octanol–water partition coefficient (Wildman–Crippen LogP) is 4.36. The van der Waals surface area contributed by atoms with E-state index in [1.807, 2.05) is 31.2 Å². The van der Waals surface area contributed by atoms with Crippen molar-refractivity contribution in [3.8, 4) is 11.5 Å². The number of amides is 1. The van der Waals surface area contributed by atoms with Crippen molar-refractivity contribution in [2.75, 3.05) is 25.1 Å². The molecule has 0 saturated carbocycles. The molecule has 33 heavy (non-hydrogen) atoms. The number of hydrogen-bond donors (Lipinski definition) is 1. The van der Waals surface area contributed by atoms with Gasteiger partial charge in [0.05, 0.1) is 11.4 Å². The molecule has 172 valence electrons. The van der Waals surface area contributed by atoms with Crippen LogP contribution in [-0.2, 0) is 21.4 Å². The van der Waals surface area contributed by atoms with Gasteiger partial charge in [-0.15, -0.1) is 0 Å². The van der Waals surface area contributed by atoms with Crippen LogP contribution in [-0.4, -0.2) is 38.4 Å². The first-order chi connectivity index (χ1) is 15.8. The molecule has 0 aliphatic carbocycles. The minimum Gasteiger partial charge on any atom is -0.486 e. The van der Waals surface area contributed by atoms with Crippen LogP contribution in [0.15, 0.2) is 76.1 Å². The molecule has 0 fully saturated rings. The molecule has 0 saturated heterocycles. The van der Waals surface area contributed by atoms with Crippen molar-refractivity contribution in [3.63, 3.8) is 0 Å². The van der Waals surface area contributed by atoms with Crippen LogP contribution in [0.25, 0.3) is 0 Å². The Hall–Kier alpha value is -2.88. The Balaban J connectivity index is 1.56. The third kappa shape index (κ3) is 5.73. The fourth-order valence-corrected chi connectivity index (χ4v) is 5.01. The van der Waals surface area contributed by atoms with Crippen LogP contribution >= 0.6 is 15.9 Å². The van der Waals surface area contributed by atoms with Gasteiger partial charge in [-0.1, -0.05) is 45.8 Å². The lowest BCUT2D eigenvalue weighted by Crippen LogP contribution is -2.37. The van der Waals surface area contributed by atoms with Crippen LogP contribution in [0.1, 0.15) is 11.1 Å². The Bertz CT molecular complexity index is 1240. The standard InChI is InChI=1S/C24H23BrN2O5S/c1-17-2-9-21(10-3-17)33(29,30)27(15-18-4-6-19(25)7-5-18)16-24(28)26-20-8-11-22-23(14-20)32-13-12-31-22/h2-11,14H,12-13,15-16H2,1H3,(H,26,28). The number of rotatable bonds is 7. The SMILES string of the molecule is Cc1ccc(S(=O)(=O)N(CC(=O)Nc2ccc3c(c2)OCCO3)Cc2ccc(Br)cc2)cc1. The van der Waals surface area contributed by atoms with Crippen molar-refractivity contribution in [2.45, 2.75) is 18.4 Å². The largest absolute Gasteiger partial charge is 0.486 e. The molecule has 3 aromatic rings. The Morgan fingerprint density at radius 1 is 0.970 bits per heavy atom. The van der Waals surface area contributed by atoms with E-state index < -0.39 is 15.9 Å². The average Bonchev–Trinajstić information content (AvgIpc) is 2.80. The molecule has 0 unspecified atom stereocenters. The maximum atomic E-state index is 13.4. The molecule has 1 aliphatic rings. The fraction of sp³-hybridized carbons (Fsp3) is 0.208. The van der Waals surface area contributed by atoms with E-state index in [1.54, 1.807) is 42.5 Å². The van der Waals surface area contributed by atoms with Crippen LogP contribution in [0.5, 0.6) is 11.5 Å². The number of nitrogens with one attached hydrogen (secondary N) is 1. The van der Waals surface area contributed by atoms with Crippen molar-refractivity contribution in [3.05, 3.63) is 82.3 Å². The molecule has 4 rings (SSSR count). The lowest BCUT2D eigenvalue weighted by molar-refractivity contribution is -0.116. The van der Waals surface area contributed by atoms with Gasteiger partial charge in [0.1, 0.15) is 13.2 Å². The van der Waals surface area contributed by atoms with Crippen molar-refractivity contribution in [1.29, 1.82) is 0 Å². The number of carbonyl (C=O) groups excluding carboxylic acids is 1. The van der Waals surface area contributed by atoms with E-state index in [0.29, 0.717) is 30.4 Å². The Kier molecular flexibility index (Phi) is 7.02. The molecule has 1 amide bonds. The first-order valence-corrected chi connectivity index (χ1v) is 12.6. The zero-order chi connectivity index (χ0) is 23.4. The Morgan fingerprint density at radius 2 is 1.64 bits per heavy atom. The van der Waals surface area contributed by atoms with Crippen molar-refractivity contribution in [1.82, 2.24) is 4.31 Å². The molecule has 9 heteroatoms. The second kappa shape index (κ2) is 9.94. The first kappa shape index (κ1) is 23.3. The van der Waals surface area contributed by atoms with E-state index in [2.05, 4.69) is 21.2 Å². The normalized spacial score (nSPS) is 13.1. The van der Waals surface area contributed by atoms with E-state index >= 15 is 0 Å². The number of carbonyl (C=O) groups is 1. The van der Waals surface area contributed by atoms with Crippen molar-refractivity contribution < 1.29 is 22.7 Å². The second-order valence-electron chi connectivity index (χ2n) is 7.62. The zero-order valence-electron chi connectivity index (χ0n) is 18.0. The van der Waals surface area contributed by atoms with Crippen molar-refractivity contribution >= 4 is 37.5 Å². The highest BCUT2D eigenvalue weighted by Crippen LogP contribution is 2.32. The number of halogens is 1. The first-order valence-electron chi connectivity index (χ1n) is 10.3. The molecule has 0 spiro atoms. The van der Waals surface area contributed by atoms with Gasteiger partial charge in [0.25, 0.3) is 0 Å². The monoisotopic (exact) mass is 530 g/mol. The number of fused-ring (bicyclic) bond motifs is 1. The van der Waals surface area contributed by atoms with Gasteiger partial charge < -0.3 is 14.8 Å². The molecule has 1 heterocycles. The molecule has 1 N–H and O–H groups in total. The number of benzene rings is 3. The van der Waals surface area contributed by atoms with Gasteiger partial charge in [-0.25, -0.2) is 8.42 Å². The maximum Gasteiger partial charge on any atom is 0.243 e.